The molecule has 1 heterocycles. The summed E-state index contributed by atoms with van der Waals surface area (Å²) in [5.41, 5.74) is 1.81. The van der Waals surface area contributed by atoms with E-state index in [1.807, 2.05) is 48.2 Å². The molecule has 1 aromatic carbocycles. The summed E-state index contributed by atoms with van der Waals surface area (Å²) in [4.78, 5) is 32.0. The quantitative estimate of drug-likeness (QED) is 0.827. The molecule has 2 rings (SSSR count). The van der Waals surface area contributed by atoms with Crippen LogP contribution < -0.4 is 9.80 Å². The Hall–Kier alpha value is -2.08. The van der Waals surface area contributed by atoms with Crippen molar-refractivity contribution < 1.29 is 9.59 Å². The molecule has 1 aliphatic heterocycles. The molecule has 0 bridgehead atoms. The molecule has 1 aliphatic rings. The molecule has 0 unspecified atom stereocenters. The Morgan fingerprint density at radius 3 is 2.00 bits per heavy atom. The van der Waals surface area contributed by atoms with Crippen LogP contribution >= 0.6 is 0 Å². The number of hydrogen-bond acceptors (Lipinski definition) is 4. The van der Waals surface area contributed by atoms with E-state index in [4.69, 9.17) is 0 Å². The van der Waals surface area contributed by atoms with Gasteiger partial charge in [0, 0.05) is 58.6 Å². The number of hydrogen-bond donors (Lipinski definition) is 0. The number of rotatable bonds is 4. The lowest BCUT2D eigenvalue weighted by Crippen LogP contribution is -2.50. The molecule has 0 radical (unpaired) electrons. The van der Waals surface area contributed by atoms with E-state index in [0.29, 0.717) is 0 Å². The van der Waals surface area contributed by atoms with Gasteiger partial charge in [0.25, 0.3) is 0 Å². The van der Waals surface area contributed by atoms with E-state index in [9.17, 15) is 9.59 Å². The Balaban J connectivity index is 2.06. The van der Waals surface area contributed by atoms with E-state index in [1.54, 1.807) is 4.90 Å². The Morgan fingerprint density at radius 2 is 1.52 bits per heavy atom. The highest BCUT2D eigenvalue weighted by Gasteiger charge is 2.23. The molecule has 0 spiro atoms. The summed E-state index contributed by atoms with van der Waals surface area (Å²) in [6, 6.07) is 7.67. The number of carbonyl (C=O) groups is 2. The minimum absolute atomic E-state index is 0.00462. The molecular formula is C17H26N4O2. The van der Waals surface area contributed by atoms with Crippen molar-refractivity contribution in [1.82, 2.24) is 9.80 Å². The first kappa shape index (κ1) is 17.3. The monoisotopic (exact) mass is 318 g/mol. The van der Waals surface area contributed by atoms with Gasteiger partial charge in [-0.25, -0.2) is 0 Å². The van der Waals surface area contributed by atoms with E-state index in [0.717, 1.165) is 37.6 Å². The normalized spacial score (nSPS) is 15.4. The Kier molecular flexibility index (Phi) is 5.60. The van der Waals surface area contributed by atoms with E-state index in [1.165, 1.54) is 6.92 Å². The van der Waals surface area contributed by atoms with Crippen LogP contribution in [0.2, 0.25) is 0 Å². The molecule has 1 fully saturated rings. The van der Waals surface area contributed by atoms with Gasteiger partial charge in [0.05, 0.1) is 0 Å². The maximum Gasteiger partial charge on any atom is 0.242 e. The number of amides is 2. The van der Waals surface area contributed by atoms with Crippen molar-refractivity contribution in [2.24, 2.45) is 0 Å². The molecule has 6 nitrogen and oxygen atoms in total. The first-order valence-electron chi connectivity index (χ1n) is 7.90. The van der Waals surface area contributed by atoms with Crippen LogP contribution in [0.3, 0.4) is 0 Å². The number of anilines is 2. The van der Waals surface area contributed by atoms with Crippen LogP contribution in [0, 0.1) is 0 Å². The van der Waals surface area contributed by atoms with Crippen LogP contribution in [0.4, 0.5) is 11.4 Å². The zero-order chi connectivity index (χ0) is 17.0. The van der Waals surface area contributed by atoms with Gasteiger partial charge in [-0.2, -0.15) is 0 Å². The maximum atomic E-state index is 12.5. The predicted molar refractivity (Wildman–Crippen MR) is 92.9 cm³/mol. The molecule has 0 aromatic heterocycles. The first-order valence-corrected chi connectivity index (χ1v) is 7.90. The zero-order valence-corrected chi connectivity index (χ0v) is 14.5. The van der Waals surface area contributed by atoms with E-state index >= 15 is 0 Å². The van der Waals surface area contributed by atoms with Crippen LogP contribution in [0.15, 0.2) is 24.3 Å². The van der Waals surface area contributed by atoms with Gasteiger partial charge in [0.2, 0.25) is 11.8 Å². The third kappa shape index (κ3) is 4.45. The summed E-state index contributed by atoms with van der Waals surface area (Å²) >= 11 is 0. The molecule has 126 valence electrons. The van der Waals surface area contributed by atoms with Gasteiger partial charge < -0.3 is 19.6 Å². The van der Waals surface area contributed by atoms with Crippen LogP contribution in [-0.4, -0.2) is 75.5 Å². The van der Waals surface area contributed by atoms with Crippen molar-refractivity contribution >= 4 is 23.2 Å². The van der Waals surface area contributed by atoms with Gasteiger partial charge in [-0.15, -0.1) is 0 Å². The molecule has 0 N–H and O–H groups in total. The molecule has 0 atom stereocenters. The third-order valence-electron chi connectivity index (χ3n) is 4.21. The molecule has 2 amide bonds. The highest BCUT2D eigenvalue weighted by Crippen LogP contribution is 2.20. The van der Waals surface area contributed by atoms with Crippen molar-refractivity contribution in [3.63, 3.8) is 0 Å². The second kappa shape index (κ2) is 7.46. The Morgan fingerprint density at radius 1 is 1.00 bits per heavy atom. The third-order valence-corrected chi connectivity index (χ3v) is 4.21. The molecule has 1 aromatic rings. The molecule has 1 saturated heterocycles. The second-order valence-corrected chi connectivity index (χ2v) is 6.20. The van der Waals surface area contributed by atoms with Crippen molar-refractivity contribution in [2.75, 3.05) is 63.7 Å². The summed E-state index contributed by atoms with van der Waals surface area (Å²) in [5, 5.41) is 0. The van der Waals surface area contributed by atoms with E-state index in [-0.39, 0.29) is 18.4 Å². The van der Waals surface area contributed by atoms with Gasteiger partial charge >= 0.3 is 0 Å². The van der Waals surface area contributed by atoms with Crippen molar-refractivity contribution in [2.45, 2.75) is 6.92 Å². The van der Waals surface area contributed by atoms with Crippen LogP contribution in [0.1, 0.15) is 6.92 Å². The average Bonchev–Trinajstić information content (AvgIpc) is 2.53. The first-order chi connectivity index (χ1) is 10.9. The predicted octanol–water partition coefficient (Wildman–Crippen LogP) is 0.880. The summed E-state index contributed by atoms with van der Waals surface area (Å²) in [6.45, 7) is 4.80. The summed E-state index contributed by atoms with van der Waals surface area (Å²) < 4.78 is 0. The highest BCUT2D eigenvalue weighted by molar-refractivity contribution is 5.97. The van der Waals surface area contributed by atoms with Crippen molar-refractivity contribution in [1.29, 1.82) is 0 Å². The summed E-state index contributed by atoms with van der Waals surface area (Å²) in [6.07, 6.45) is 0. The van der Waals surface area contributed by atoms with Gasteiger partial charge in [0.15, 0.2) is 0 Å². The summed E-state index contributed by atoms with van der Waals surface area (Å²) in [5.74, 6) is -0.116. The number of likely N-dealkylation sites (N-methyl/N-ethyl adjacent to an activating group) is 1. The van der Waals surface area contributed by atoms with Crippen molar-refractivity contribution in [3.05, 3.63) is 24.3 Å². The average molecular weight is 318 g/mol. The summed E-state index contributed by atoms with van der Waals surface area (Å²) in [7, 11) is 5.99. The fraction of sp³-hybridized carbons (Fsp3) is 0.529. The van der Waals surface area contributed by atoms with E-state index < -0.39 is 0 Å². The number of carbonyl (C=O) groups excluding carboxylic acids is 2. The molecule has 0 saturated carbocycles. The molecule has 6 heteroatoms. The zero-order valence-electron chi connectivity index (χ0n) is 14.5. The number of nitrogens with zero attached hydrogens (tertiary/aromatic N) is 4. The fourth-order valence-electron chi connectivity index (χ4n) is 2.61. The lowest BCUT2D eigenvalue weighted by molar-refractivity contribution is -0.132. The SMILES string of the molecule is CC(=O)N(CC(=O)N1CCN(C)CC1)c1ccc(N(C)C)cc1. The second-order valence-electron chi connectivity index (χ2n) is 6.20. The molecule has 0 aliphatic carbocycles. The van der Waals surface area contributed by atoms with Crippen molar-refractivity contribution in [3.8, 4) is 0 Å². The van der Waals surface area contributed by atoms with Crippen LogP contribution in [0.25, 0.3) is 0 Å². The van der Waals surface area contributed by atoms with Gasteiger partial charge in [-0.05, 0) is 31.3 Å². The largest absolute Gasteiger partial charge is 0.378 e. The fourth-order valence-corrected chi connectivity index (χ4v) is 2.61. The minimum atomic E-state index is -0.120. The van der Waals surface area contributed by atoms with Gasteiger partial charge in [0.1, 0.15) is 6.54 Å². The minimum Gasteiger partial charge on any atom is -0.378 e. The highest BCUT2D eigenvalue weighted by atomic mass is 16.2. The Labute approximate surface area is 138 Å². The Bertz CT molecular complexity index is 548. The number of piperazine rings is 1. The molecular weight excluding hydrogens is 292 g/mol. The topological polar surface area (TPSA) is 47.1 Å². The number of benzene rings is 1. The van der Waals surface area contributed by atoms with Gasteiger partial charge in [-0.3, -0.25) is 9.59 Å². The van der Waals surface area contributed by atoms with Gasteiger partial charge in [-0.1, -0.05) is 0 Å². The smallest absolute Gasteiger partial charge is 0.242 e. The van der Waals surface area contributed by atoms with Crippen LogP contribution in [0.5, 0.6) is 0 Å². The standard InChI is InChI=1S/C17H26N4O2/c1-14(22)21(16-7-5-15(6-8-16)18(2)3)13-17(23)20-11-9-19(4)10-12-20/h5-8H,9-13H2,1-4H3. The molecule has 23 heavy (non-hydrogen) atoms. The lowest BCUT2D eigenvalue weighted by Gasteiger charge is -2.34. The maximum absolute atomic E-state index is 12.5. The van der Waals surface area contributed by atoms with E-state index in [2.05, 4.69) is 11.9 Å². The lowest BCUT2D eigenvalue weighted by atomic mass is 10.2. The van der Waals surface area contributed by atoms with Crippen LogP contribution in [-0.2, 0) is 9.59 Å².